The maximum atomic E-state index is 12.2. The monoisotopic (exact) mass is 323 g/mol. The summed E-state index contributed by atoms with van der Waals surface area (Å²) in [4.78, 5) is 23.3. The van der Waals surface area contributed by atoms with Gasteiger partial charge in [-0.3, -0.25) is 9.59 Å². The summed E-state index contributed by atoms with van der Waals surface area (Å²) in [5.41, 5.74) is 0.403. The fraction of sp³-hybridized carbons (Fsp3) is 0.529. The van der Waals surface area contributed by atoms with Crippen LogP contribution in [0.4, 0.5) is 0 Å². The van der Waals surface area contributed by atoms with E-state index in [4.69, 9.17) is 4.74 Å². The molecule has 0 aliphatic carbocycles. The summed E-state index contributed by atoms with van der Waals surface area (Å²) in [7, 11) is 1.29. The standard InChI is InChI=1S/C17H25NO5/c1-12(2)18-10-13(19)11-23-16-7-5-4-6-14(16)15(20)8-9-17(21)22-3/h4-7,12-13,18-19H,8-11H2,1-3H3. The zero-order chi connectivity index (χ0) is 17.2. The fourth-order valence-corrected chi connectivity index (χ4v) is 1.89. The Bertz CT molecular complexity index is 515. The molecule has 0 spiro atoms. The average molecular weight is 323 g/mol. The number of ether oxygens (including phenoxy) is 2. The van der Waals surface area contributed by atoms with E-state index in [-0.39, 0.29) is 31.3 Å². The van der Waals surface area contributed by atoms with Crippen LogP contribution >= 0.6 is 0 Å². The van der Waals surface area contributed by atoms with E-state index in [1.165, 1.54) is 7.11 Å². The van der Waals surface area contributed by atoms with Gasteiger partial charge in [0.2, 0.25) is 0 Å². The number of carbonyl (C=O) groups excluding carboxylic acids is 2. The highest BCUT2D eigenvalue weighted by atomic mass is 16.5. The Morgan fingerprint density at radius 2 is 1.91 bits per heavy atom. The molecule has 0 heterocycles. The van der Waals surface area contributed by atoms with Crippen LogP contribution in [0.15, 0.2) is 24.3 Å². The van der Waals surface area contributed by atoms with Gasteiger partial charge in [-0.25, -0.2) is 0 Å². The SMILES string of the molecule is COC(=O)CCC(=O)c1ccccc1OCC(O)CNC(C)C. The topological polar surface area (TPSA) is 84.9 Å². The van der Waals surface area contributed by atoms with Gasteiger partial charge in [-0.15, -0.1) is 0 Å². The van der Waals surface area contributed by atoms with Crippen LogP contribution in [-0.2, 0) is 9.53 Å². The van der Waals surface area contributed by atoms with Crippen molar-refractivity contribution in [2.24, 2.45) is 0 Å². The van der Waals surface area contributed by atoms with Gasteiger partial charge in [0.1, 0.15) is 18.5 Å². The fourth-order valence-electron chi connectivity index (χ4n) is 1.89. The quantitative estimate of drug-likeness (QED) is 0.502. The number of hydrogen-bond acceptors (Lipinski definition) is 6. The number of aliphatic hydroxyl groups excluding tert-OH is 1. The summed E-state index contributed by atoms with van der Waals surface area (Å²) in [6.07, 6.45) is -0.578. The van der Waals surface area contributed by atoms with E-state index in [9.17, 15) is 14.7 Å². The molecule has 23 heavy (non-hydrogen) atoms. The zero-order valence-corrected chi connectivity index (χ0v) is 13.9. The number of para-hydroxylation sites is 1. The van der Waals surface area contributed by atoms with E-state index in [1.54, 1.807) is 24.3 Å². The van der Waals surface area contributed by atoms with Gasteiger partial charge < -0.3 is 19.9 Å². The molecular weight excluding hydrogens is 298 g/mol. The van der Waals surface area contributed by atoms with Gasteiger partial charge in [0.25, 0.3) is 0 Å². The van der Waals surface area contributed by atoms with Crippen molar-refractivity contribution in [1.29, 1.82) is 0 Å². The first-order chi connectivity index (χ1) is 10.9. The number of methoxy groups -OCH3 is 1. The number of esters is 1. The maximum absolute atomic E-state index is 12.2. The highest BCUT2D eigenvalue weighted by Crippen LogP contribution is 2.20. The second-order valence-corrected chi connectivity index (χ2v) is 5.52. The molecule has 0 bridgehead atoms. The predicted octanol–water partition coefficient (Wildman–Crippen LogP) is 1.56. The lowest BCUT2D eigenvalue weighted by atomic mass is 10.1. The molecule has 6 nitrogen and oxygen atoms in total. The Hall–Kier alpha value is -1.92. The second kappa shape index (κ2) is 9.97. The smallest absolute Gasteiger partial charge is 0.305 e. The van der Waals surface area contributed by atoms with Gasteiger partial charge >= 0.3 is 5.97 Å². The molecule has 1 aromatic carbocycles. The van der Waals surface area contributed by atoms with Gasteiger partial charge in [-0.05, 0) is 12.1 Å². The molecule has 0 amide bonds. The minimum Gasteiger partial charge on any atom is -0.490 e. The van der Waals surface area contributed by atoms with Crippen LogP contribution in [0, 0.1) is 0 Å². The Morgan fingerprint density at radius 3 is 2.57 bits per heavy atom. The molecule has 1 rings (SSSR count). The molecule has 128 valence electrons. The molecular formula is C17H25NO5. The number of nitrogens with one attached hydrogen (secondary N) is 1. The number of rotatable bonds is 10. The van der Waals surface area contributed by atoms with Gasteiger partial charge in [-0.2, -0.15) is 0 Å². The maximum Gasteiger partial charge on any atom is 0.305 e. The van der Waals surface area contributed by atoms with Crippen molar-refractivity contribution in [3.8, 4) is 5.75 Å². The van der Waals surface area contributed by atoms with Crippen molar-refractivity contribution >= 4 is 11.8 Å². The third-order valence-corrected chi connectivity index (χ3v) is 3.16. The summed E-state index contributed by atoms with van der Waals surface area (Å²) in [6, 6.07) is 7.08. The normalized spacial score (nSPS) is 12.0. The summed E-state index contributed by atoms with van der Waals surface area (Å²) in [5.74, 6) is -0.210. The van der Waals surface area contributed by atoms with Crippen molar-refractivity contribution in [2.75, 3.05) is 20.3 Å². The van der Waals surface area contributed by atoms with E-state index in [1.807, 2.05) is 13.8 Å². The minimum absolute atomic E-state index is 0.0323. The van der Waals surface area contributed by atoms with Crippen molar-refractivity contribution in [1.82, 2.24) is 5.32 Å². The van der Waals surface area contributed by atoms with E-state index in [0.717, 1.165) is 0 Å². The Balaban J connectivity index is 2.59. The van der Waals surface area contributed by atoms with Gasteiger partial charge in [0.05, 0.1) is 19.1 Å². The van der Waals surface area contributed by atoms with Crippen molar-refractivity contribution < 1.29 is 24.2 Å². The summed E-state index contributed by atoms with van der Waals surface area (Å²) < 4.78 is 10.1. The predicted molar refractivity (Wildman–Crippen MR) is 86.7 cm³/mol. The van der Waals surface area contributed by atoms with Crippen LogP contribution in [0.25, 0.3) is 0 Å². The molecule has 1 atom stereocenters. The molecule has 0 saturated carbocycles. The molecule has 1 aromatic rings. The Labute approximate surface area is 136 Å². The number of hydrogen-bond donors (Lipinski definition) is 2. The third-order valence-electron chi connectivity index (χ3n) is 3.16. The number of carbonyl (C=O) groups is 2. The third kappa shape index (κ3) is 7.25. The van der Waals surface area contributed by atoms with E-state index in [2.05, 4.69) is 10.1 Å². The first-order valence-corrected chi connectivity index (χ1v) is 7.67. The van der Waals surface area contributed by atoms with Crippen molar-refractivity contribution in [3.05, 3.63) is 29.8 Å². The lowest BCUT2D eigenvalue weighted by Gasteiger charge is -2.16. The molecule has 0 radical (unpaired) electrons. The summed E-state index contributed by atoms with van der Waals surface area (Å²) in [6.45, 7) is 4.48. The lowest BCUT2D eigenvalue weighted by Crippen LogP contribution is -2.35. The number of Topliss-reactive ketones (excluding diaryl/α,β-unsaturated/α-hetero) is 1. The Kier molecular flexibility index (Phi) is 8.29. The average Bonchev–Trinajstić information content (AvgIpc) is 2.55. The van der Waals surface area contributed by atoms with Crippen molar-refractivity contribution in [2.45, 2.75) is 38.8 Å². The molecule has 0 aliphatic heterocycles. The summed E-state index contributed by atoms with van der Waals surface area (Å²) in [5, 5.41) is 13.0. The van der Waals surface area contributed by atoms with E-state index in [0.29, 0.717) is 17.9 Å². The van der Waals surface area contributed by atoms with E-state index < -0.39 is 12.1 Å². The van der Waals surface area contributed by atoms with Gasteiger partial charge in [0.15, 0.2) is 5.78 Å². The molecule has 0 aliphatic rings. The minimum atomic E-state index is -0.671. The van der Waals surface area contributed by atoms with Crippen LogP contribution in [0.1, 0.15) is 37.0 Å². The molecule has 2 N–H and O–H groups in total. The van der Waals surface area contributed by atoms with Crippen LogP contribution < -0.4 is 10.1 Å². The van der Waals surface area contributed by atoms with Crippen LogP contribution in [0.3, 0.4) is 0 Å². The van der Waals surface area contributed by atoms with Gasteiger partial charge in [0, 0.05) is 19.0 Å². The molecule has 0 aromatic heterocycles. The summed E-state index contributed by atoms with van der Waals surface area (Å²) >= 11 is 0. The van der Waals surface area contributed by atoms with E-state index >= 15 is 0 Å². The highest BCUT2D eigenvalue weighted by molar-refractivity contribution is 5.99. The number of aliphatic hydroxyl groups is 1. The van der Waals surface area contributed by atoms with Crippen LogP contribution in [-0.4, -0.2) is 49.3 Å². The largest absolute Gasteiger partial charge is 0.490 e. The second-order valence-electron chi connectivity index (χ2n) is 5.52. The first kappa shape index (κ1) is 19.1. The van der Waals surface area contributed by atoms with Crippen molar-refractivity contribution in [3.63, 3.8) is 0 Å². The highest BCUT2D eigenvalue weighted by Gasteiger charge is 2.15. The number of benzene rings is 1. The zero-order valence-electron chi connectivity index (χ0n) is 13.9. The molecule has 0 saturated heterocycles. The molecule has 0 fully saturated rings. The first-order valence-electron chi connectivity index (χ1n) is 7.67. The molecule has 6 heteroatoms. The van der Waals surface area contributed by atoms with Gasteiger partial charge in [-0.1, -0.05) is 26.0 Å². The Morgan fingerprint density at radius 1 is 1.22 bits per heavy atom. The van der Waals surface area contributed by atoms with Crippen LogP contribution in [0.2, 0.25) is 0 Å². The lowest BCUT2D eigenvalue weighted by molar-refractivity contribution is -0.140. The molecule has 1 unspecified atom stereocenters. The number of ketones is 1. The van der Waals surface area contributed by atoms with Crippen LogP contribution in [0.5, 0.6) is 5.75 Å².